The highest BCUT2D eigenvalue weighted by atomic mass is 35.5. The molecule has 0 radical (unpaired) electrons. The van der Waals surface area contributed by atoms with Gasteiger partial charge in [0.25, 0.3) is 0 Å². The molecule has 0 amide bonds. The number of benzene rings is 1. The molecule has 0 bridgehead atoms. The molecule has 6 nitrogen and oxygen atoms in total. The summed E-state index contributed by atoms with van der Waals surface area (Å²) in [4.78, 5) is 26.0. The predicted octanol–water partition coefficient (Wildman–Crippen LogP) is 2.71. The first-order valence-corrected chi connectivity index (χ1v) is 5.90. The maximum atomic E-state index is 11.2. The van der Waals surface area contributed by atoms with Gasteiger partial charge in [0.1, 0.15) is 0 Å². The fraction of sp³-hybridized carbons (Fsp3) is 0.167. The molecule has 0 fully saturated rings. The van der Waals surface area contributed by atoms with E-state index >= 15 is 0 Å². The molecule has 0 saturated heterocycles. The van der Waals surface area contributed by atoms with Crippen molar-refractivity contribution in [3.8, 4) is 6.07 Å². The molecular formula is C12H8Cl2N2O4. The number of hydrogen-bond acceptors (Lipinski definition) is 5. The molecule has 1 N–H and O–H groups in total. The number of ether oxygens (including phenoxy) is 1. The van der Waals surface area contributed by atoms with Crippen LogP contribution in [-0.2, 0) is 9.53 Å². The highest BCUT2D eigenvalue weighted by molar-refractivity contribution is 6.40. The van der Waals surface area contributed by atoms with Crippen LogP contribution in [0.2, 0.25) is 10.0 Å². The van der Waals surface area contributed by atoms with Gasteiger partial charge in [-0.2, -0.15) is 5.26 Å². The summed E-state index contributed by atoms with van der Waals surface area (Å²) in [7, 11) is 1.14. The number of carboxylic acid groups (broad SMARTS) is 1. The predicted molar refractivity (Wildman–Crippen MR) is 72.7 cm³/mol. The van der Waals surface area contributed by atoms with Gasteiger partial charge >= 0.3 is 11.9 Å². The lowest BCUT2D eigenvalue weighted by molar-refractivity contribution is -0.141. The summed E-state index contributed by atoms with van der Waals surface area (Å²) in [6, 6.07) is 4.36. The number of nitriles is 1. The number of aliphatic imine (C=N–C) groups is 1. The van der Waals surface area contributed by atoms with E-state index in [1.807, 2.05) is 0 Å². The van der Waals surface area contributed by atoms with Crippen LogP contribution in [0, 0.1) is 17.2 Å². The van der Waals surface area contributed by atoms with Crippen molar-refractivity contribution in [3.05, 3.63) is 27.7 Å². The lowest BCUT2D eigenvalue weighted by atomic mass is 10.2. The minimum Gasteiger partial charge on any atom is -0.478 e. The van der Waals surface area contributed by atoms with E-state index in [1.54, 1.807) is 6.07 Å². The molecule has 104 valence electrons. The summed E-state index contributed by atoms with van der Waals surface area (Å²) >= 11 is 11.6. The summed E-state index contributed by atoms with van der Waals surface area (Å²) in [5.41, 5.74) is -0.216. The summed E-state index contributed by atoms with van der Waals surface area (Å²) in [6.07, 6.45) is 1.02. The monoisotopic (exact) mass is 314 g/mol. The van der Waals surface area contributed by atoms with E-state index in [4.69, 9.17) is 33.6 Å². The van der Waals surface area contributed by atoms with E-state index in [2.05, 4.69) is 9.73 Å². The second-order valence-corrected chi connectivity index (χ2v) is 4.25. The van der Waals surface area contributed by atoms with Gasteiger partial charge in [0.15, 0.2) is 5.92 Å². The van der Waals surface area contributed by atoms with Crippen LogP contribution >= 0.6 is 23.2 Å². The van der Waals surface area contributed by atoms with Crippen molar-refractivity contribution in [2.45, 2.75) is 0 Å². The topological polar surface area (TPSA) is 99.8 Å². The van der Waals surface area contributed by atoms with Gasteiger partial charge in [-0.3, -0.25) is 9.79 Å². The zero-order valence-corrected chi connectivity index (χ0v) is 11.6. The Kier molecular flexibility index (Phi) is 5.50. The molecule has 0 aliphatic heterocycles. The third-order valence-electron chi connectivity index (χ3n) is 2.24. The molecule has 0 aliphatic carbocycles. The Hall–Kier alpha value is -2.10. The summed E-state index contributed by atoms with van der Waals surface area (Å²) < 4.78 is 4.40. The van der Waals surface area contributed by atoms with Gasteiger partial charge < -0.3 is 9.84 Å². The van der Waals surface area contributed by atoms with E-state index in [0.29, 0.717) is 0 Å². The molecule has 1 aromatic rings. The molecule has 0 aliphatic rings. The van der Waals surface area contributed by atoms with E-state index in [1.165, 1.54) is 12.1 Å². The van der Waals surface area contributed by atoms with Crippen molar-refractivity contribution in [1.29, 1.82) is 5.26 Å². The first kappa shape index (κ1) is 16.0. The van der Waals surface area contributed by atoms with E-state index in [0.717, 1.165) is 13.3 Å². The van der Waals surface area contributed by atoms with Gasteiger partial charge in [-0.15, -0.1) is 0 Å². The van der Waals surface area contributed by atoms with Crippen LogP contribution in [0.4, 0.5) is 5.69 Å². The maximum absolute atomic E-state index is 11.2. The van der Waals surface area contributed by atoms with Gasteiger partial charge in [-0.25, -0.2) is 4.79 Å². The highest BCUT2D eigenvalue weighted by Gasteiger charge is 2.18. The molecule has 1 atom stereocenters. The van der Waals surface area contributed by atoms with Crippen molar-refractivity contribution in [1.82, 2.24) is 0 Å². The second-order valence-electron chi connectivity index (χ2n) is 3.47. The fourth-order valence-corrected chi connectivity index (χ4v) is 1.85. The molecule has 1 unspecified atom stereocenters. The van der Waals surface area contributed by atoms with Gasteiger partial charge in [0.05, 0.1) is 34.5 Å². The quantitative estimate of drug-likeness (QED) is 0.680. The van der Waals surface area contributed by atoms with Crippen molar-refractivity contribution in [2.24, 2.45) is 10.9 Å². The van der Waals surface area contributed by atoms with Crippen LogP contribution in [-0.4, -0.2) is 30.4 Å². The first-order valence-electron chi connectivity index (χ1n) is 5.15. The maximum Gasteiger partial charge on any atom is 0.338 e. The normalized spacial score (nSPS) is 11.9. The third-order valence-corrected chi connectivity index (χ3v) is 2.94. The smallest absolute Gasteiger partial charge is 0.338 e. The molecule has 1 aromatic carbocycles. The fourth-order valence-electron chi connectivity index (χ4n) is 1.27. The average Bonchev–Trinajstić information content (AvgIpc) is 2.40. The number of rotatable bonds is 4. The van der Waals surface area contributed by atoms with Crippen LogP contribution in [0.5, 0.6) is 0 Å². The van der Waals surface area contributed by atoms with E-state index < -0.39 is 17.9 Å². The molecule has 0 heterocycles. The molecule has 8 heteroatoms. The summed E-state index contributed by atoms with van der Waals surface area (Å²) in [5, 5.41) is 17.5. The van der Waals surface area contributed by atoms with Crippen molar-refractivity contribution < 1.29 is 19.4 Å². The molecule has 0 aromatic heterocycles. The lowest BCUT2D eigenvalue weighted by Crippen LogP contribution is -2.15. The van der Waals surface area contributed by atoms with Crippen LogP contribution in [0.15, 0.2) is 17.1 Å². The van der Waals surface area contributed by atoms with Crippen molar-refractivity contribution in [2.75, 3.05) is 7.11 Å². The molecule has 20 heavy (non-hydrogen) atoms. The van der Waals surface area contributed by atoms with E-state index in [-0.39, 0.29) is 21.3 Å². The molecule has 1 rings (SSSR count). The standard InChI is InChI=1S/C12H8Cl2N2O4/c1-20-12(19)6(4-15)5-16-8-3-2-7(13)9(10(8)14)11(17)18/h2-3,5-6H,1H3,(H,17,18). The Balaban J connectivity index is 3.17. The SMILES string of the molecule is COC(=O)C(C#N)C=Nc1ccc(Cl)c(C(=O)O)c1Cl. The van der Waals surface area contributed by atoms with Crippen LogP contribution in [0.1, 0.15) is 10.4 Å². The number of carbonyl (C=O) groups excluding carboxylic acids is 1. The number of hydrogen-bond donors (Lipinski definition) is 1. The Bertz CT molecular complexity index is 623. The number of esters is 1. The minimum absolute atomic E-state index is 0.0359. The van der Waals surface area contributed by atoms with Crippen molar-refractivity contribution in [3.63, 3.8) is 0 Å². The second kappa shape index (κ2) is 6.89. The Morgan fingerprint density at radius 3 is 2.65 bits per heavy atom. The Morgan fingerprint density at radius 2 is 2.15 bits per heavy atom. The largest absolute Gasteiger partial charge is 0.478 e. The van der Waals surface area contributed by atoms with Crippen LogP contribution < -0.4 is 0 Å². The minimum atomic E-state index is -1.30. The number of halogens is 2. The zero-order chi connectivity index (χ0) is 15.3. The number of aromatic carboxylic acids is 1. The lowest BCUT2D eigenvalue weighted by Gasteiger charge is -2.05. The number of carboxylic acids is 1. The van der Waals surface area contributed by atoms with Gasteiger partial charge in [0.2, 0.25) is 0 Å². The average molecular weight is 315 g/mol. The van der Waals surface area contributed by atoms with E-state index in [9.17, 15) is 9.59 Å². The van der Waals surface area contributed by atoms with Gasteiger partial charge in [-0.1, -0.05) is 23.2 Å². The molecular weight excluding hydrogens is 307 g/mol. The zero-order valence-electron chi connectivity index (χ0n) is 10.1. The number of carbonyl (C=O) groups is 2. The van der Waals surface area contributed by atoms with Crippen molar-refractivity contribution >= 4 is 47.0 Å². The van der Waals surface area contributed by atoms with Crippen LogP contribution in [0.3, 0.4) is 0 Å². The third kappa shape index (κ3) is 3.47. The Labute approximate surface area is 124 Å². The summed E-state index contributed by atoms with van der Waals surface area (Å²) in [6.45, 7) is 0. The van der Waals surface area contributed by atoms with Gasteiger partial charge in [-0.05, 0) is 12.1 Å². The highest BCUT2D eigenvalue weighted by Crippen LogP contribution is 2.33. The Morgan fingerprint density at radius 1 is 1.50 bits per heavy atom. The summed E-state index contributed by atoms with van der Waals surface area (Å²) in [5.74, 6) is -3.29. The van der Waals surface area contributed by atoms with Gasteiger partial charge in [0, 0.05) is 6.21 Å². The first-order chi connectivity index (χ1) is 9.42. The van der Waals surface area contributed by atoms with Crippen LogP contribution in [0.25, 0.3) is 0 Å². The molecule has 0 spiro atoms. The number of methoxy groups -OCH3 is 1. The molecule has 0 saturated carbocycles. The number of nitrogens with zero attached hydrogens (tertiary/aromatic N) is 2.